The Morgan fingerprint density at radius 1 is 1.31 bits per heavy atom. The molecule has 0 aliphatic carbocycles. The van der Waals surface area contributed by atoms with E-state index in [0.717, 1.165) is 12.1 Å². The van der Waals surface area contributed by atoms with Gasteiger partial charge in [0.25, 0.3) is 16.0 Å². The first kappa shape index (κ1) is 12.4. The molecule has 0 spiro atoms. The average Bonchev–Trinajstić information content (AvgIpc) is 2.15. The van der Waals surface area contributed by atoms with Crippen molar-refractivity contribution in [3.63, 3.8) is 0 Å². The van der Waals surface area contributed by atoms with Crippen LogP contribution in [-0.2, 0) is 10.1 Å². The molecule has 6 heteroatoms. The van der Waals surface area contributed by atoms with Crippen LogP contribution in [0.25, 0.3) is 0 Å². The summed E-state index contributed by atoms with van der Waals surface area (Å²) in [6.07, 6.45) is 0. The van der Waals surface area contributed by atoms with Gasteiger partial charge in [-0.15, -0.1) is 0 Å². The van der Waals surface area contributed by atoms with E-state index in [1.807, 2.05) is 0 Å². The Balaban J connectivity index is 2.96. The van der Waals surface area contributed by atoms with Gasteiger partial charge in [-0.2, -0.15) is 8.42 Å². The molecule has 86 valence electrons. The number of amides is 1. The van der Waals surface area contributed by atoms with Crippen LogP contribution in [0.1, 0.15) is 17.3 Å². The first-order chi connectivity index (χ1) is 7.30. The number of carbonyl (C=O) groups is 1. The first-order valence-corrected chi connectivity index (χ1v) is 5.79. The van der Waals surface area contributed by atoms with Gasteiger partial charge >= 0.3 is 0 Å². The molecule has 2 N–H and O–H groups in total. The third-order valence-corrected chi connectivity index (χ3v) is 2.61. The lowest BCUT2D eigenvalue weighted by atomic mass is 10.2. The van der Waals surface area contributed by atoms with Crippen molar-refractivity contribution < 1.29 is 17.8 Å². The molecule has 5 nitrogen and oxygen atoms in total. The molecule has 0 unspecified atom stereocenters. The van der Waals surface area contributed by atoms with Crippen LogP contribution in [0.4, 0.5) is 0 Å². The summed E-state index contributed by atoms with van der Waals surface area (Å²) in [6, 6.07) is 4.92. The number of hydrogen-bond acceptors (Lipinski definition) is 3. The Morgan fingerprint density at radius 2 is 1.81 bits per heavy atom. The third-order valence-electron chi connectivity index (χ3n) is 1.74. The van der Waals surface area contributed by atoms with Crippen LogP contribution in [0.5, 0.6) is 0 Å². The predicted molar refractivity (Wildman–Crippen MR) is 58.5 cm³/mol. The maximum Gasteiger partial charge on any atom is 0.294 e. The lowest BCUT2D eigenvalue weighted by Crippen LogP contribution is -2.20. The molecule has 1 aromatic carbocycles. The molecule has 0 heterocycles. The molecule has 16 heavy (non-hydrogen) atoms. The van der Waals surface area contributed by atoms with E-state index in [2.05, 4.69) is 11.9 Å². The van der Waals surface area contributed by atoms with Gasteiger partial charge in [0, 0.05) is 11.3 Å². The monoisotopic (exact) mass is 241 g/mol. The predicted octanol–water partition coefficient (Wildman–Crippen LogP) is 1.20. The Morgan fingerprint density at radius 3 is 2.19 bits per heavy atom. The minimum atomic E-state index is -4.22. The Hall–Kier alpha value is -1.66. The highest BCUT2D eigenvalue weighted by molar-refractivity contribution is 7.85. The van der Waals surface area contributed by atoms with Crippen molar-refractivity contribution in [3.05, 3.63) is 42.1 Å². The van der Waals surface area contributed by atoms with Crippen molar-refractivity contribution in [3.8, 4) is 0 Å². The van der Waals surface area contributed by atoms with Gasteiger partial charge in [-0.05, 0) is 31.2 Å². The van der Waals surface area contributed by atoms with Crippen LogP contribution in [0, 0.1) is 0 Å². The fourth-order valence-electron chi connectivity index (χ4n) is 1.04. The van der Waals surface area contributed by atoms with E-state index >= 15 is 0 Å². The fraction of sp³-hybridized carbons (Fsp3) is 0.100. The summed E-state index contributed by atoms with van der Waals surface area (Å²) in [5.41, 5.74) is 0.777. The summed E-state index contributed by atoms with van der Waals surface area (Å²) >= 11 is 0. The quantitative estimate of drug-likeness (QED) is 0.779. The normalized spacial score (nSPS) is 10.9. The maximum atomic E-state index is 11.4. The minimum absolute atomic E-state index is 0.251. The molecule has 0 saturated carbocycles. The zero-order valence-electron chi connectivity index (χ0n) is 8.60. The SMILES string of the molecule is C=C(C)NC(=O)c1ccc(S(=O)(=O)O)cc1. The van der Waals surface area contributed by atoms with Crippen molar-refractivity contribution in [1.29, 1.82) is 0 Å². The molecule has 0 aliphatic rings. The Labute approximate surface area is 93.5 Å². The molecular weight excluding hydrogens is 230 g/mol. The second-order valence-electron chi connectivity index (χ2n) is 3.23. The van der Waals surface area contributed by atoms with Gasteiger partial charge in [-0.25, -0.2) is 0 Å². The molecule has 0 saturated heterocycles. The van der Waals surface area contributed by atoms with E-state index in [1.165, 1.54) is 12.1 Å². The Bertz CT molecular complexity index is 516. The number of rotatable bonds is 3. The standard InChI is InChI=1S/C10H11NO4S/c1-7(2)11-10(12)8-3-5-9(6-4-8)16(13,14)15/h3-6H,1H2,2H3,(H,11,12)(H,13,14,15). The lowest BCUT2D eigenvalue weighted by Gasteiger charge is -2.04. The highest BCUT2D eigenvalue weighted by Crippen LogP contribution is 2.10. The van der Waals surface area contributed by atoms with Gasteiger partial charge in [0.15, 0.2) is 0 Å². The van der Waals surface area contributed by atoms with Crippen molar-refractivity contribution in [2.24, 2.45) is 0 Å². The fourth-order valence-corrected chi connectivity index (χ4v) is 1.52. The van der Waals surface area contributed by atoms with E-state index in [1.54, 1.807) is 6.92 Å². The summed E-state index contributed by atoms with van der Waals surface area (Å²) in [5, 5.41) is 2.47. The second kappa shape index (κ2) is 4.46. The molecule has 0 fully saturated rings. The van der Waals surface area contributed by atoms with Crippen molar-refractivity contribution in [1.82, 2.24) is 5.32 Å². The summed E-state index contributed by atoms with van der Waals surface area (Å²) < 4.78 is 30.2. The molecule has 0 aromatic heterocycles. The molecule has 0 bridgehead atoms. The minimum Gasteiger partial charge on any atom is -0.327 e. The summed E-state index contributed by atoms with van der Waals surface area (Å²) in [7, 11) is -4.22. The van der Waals surface area contributed by atoms with E-state index in [0.29, 0.717) is 5.70 Å². The van der Waals surface area contributed by atoms with Crippen molar-refractivity contribution >= 4 is 16.0 Å². The summed E-state index contributed by atoms with van der Waals surface area (Å²) in [5.74, 6) is -0.380. The highest BCUT2D eigenvalue weighted by Gasteiger charge is 2.10. The number of hydrogen-bond donors (Lipinski definition) is 2. The van der Waals surface area contributed by atoms with Gasteiger partial charge in [0.1, 0.15) is 0 Å². The first-order valence-electron chi connectivity index (χ1n) is 4.35. The van der Waals surface area contributed by atoms with Gasteiger partial charge in [0.05, 0.1) is 4.90 Å². The smallest absolute Gasteiger partial charge is 0.294 e. The maximum absolute atomic E-state index is 11.4. The molecule has 0 atom stereocenters. The summed E-state index contributed by atoms with van der Waals surface area (Å²) in [4.78, 5) is 11.2. The zero-order chi connectivity index (χ0) is 12.3. The van der Waals surface area contributed by atoms with Crippen LogP contribution in [0.2, 0.25) is 0 Å². The van der Waals surface area contributed by atoms with Gasteiger partial charge < -0.3 is 5.32 Å². The molecule has 0 aliphatic heterocycles. The van der Waals surface area contributed by atoms with Crippen molar-refractivity contribution in [2.45, 2.75) is 11.8 Å². The number of benzene rings is 1. The van der Waals surface area contributed by atoms with E-state index in [-0.39, 0.29) is 16.4 Å². The molecule has 0 radical (unpaired) electrons. The zero-order valence-corrected chi connectivity index (χ0v) is 9.41. The molecular formula is C10H11NO4S. The number of allylic oxidation sites excluding steroid dienone is 1. The largest absolute Gasteiger partial charge is 0.327 e. The second-order valence-corrected chi connectivity index (χ2v) is 4.66. The van der Waals surface area contributed by atoms with E-state index < -0.39 is 10.1 Å². The van der Waals surface area contributed by atoms with Crippen LogP contribution in [-0.4, -0.2) is 18.9 Å². The molecule has 1 amide bonds. The summed E-state index contributed by atoms with van der Waals surface area (Å²) in [6.45, 7) is 5.14. The Kier molecular flexibility index (Phi) is 3.46. The van der Waals surface area contributed by atoms with Crippen molar-refractivity contribution in [2.75, 3.05) is 0 Å². The lowest BCUT2D eigenvalue weighted by molar-refractivity contribution is 0.0966. The number of carbonyl (C=O) groups excluding carboxylic acids is 1. The molecule has 1 aromatic rings. The van der Waals surface area contributed by atoms with Gasteiger partial charge in [-0.1, -0.05) is 6.58 Å². The third kappa shape index (κ3) is 3.18. The van der Waals surface area contributed by atoms with Crippen LogP contribution < -0.4 is 5.32 Å². The van der Waals surface area contributed by atoms with Crippen LogP contribution >= 0.6 is 0 Å². The van der Waals surface area contributed by atoms with Crippen LogP contribution in [0.3, 0.4) is 0 Å². The van der Waals surface area contributed by atoms with Gasteiger partial charge in [0.2, 0.25) is 0 Å². The number of nitrogens with one attached hydrogen (secondary N) is 1. The van der Waals surface area contributed by atoms with E-state index in [9.17, 15) is 13.2 Å². The highest BCUT2D eigenvalue weighted by atomic mass is 32.2. The van der Waals surface area contributed by atoms with Gasteiger partial charge in [-0.3, -0.25) is 9.35 Å². The van der Waals surface area contributed by atoms with Crippen LogP contribution in [0.15, 0.2) is 41.4 Å². The average molecular weight is 241 g/mol. The topological polar surface area (TPSA) is 83.5 Å². The van der Waals surface area contributed by atoms with E-state index in [4.69, 9.17) is 4.55 Å². The molecule has 1 rings (SSSR count).